The van der Waals surface area contributed by atoms with Crippen molar-refractivity contribution in [1.82, 2.24) is 5.32 Å². The summed E-state index contributed by atoms with van der Waals surface area (Å²) < 4.78 is 0. The van der Waals surface area contributed by atoms with Crippen LogP contribution in [0, 0.1) is 0 Å². The fourth-order valence-corrected chi connectivity index (χ4v) is 1.31. The fourth-order valence-electron chi connectivity index (χ4n) is 1.12. The molecule has 0 radical (unpaired) electrons. The molecule has 5 nitrogen and oxygen atoms in total. The van der Waals surface area contributed by atoms with Gasteiger partial charge in [0.1, 0.15) is 0 Å². The van der Waals surface area contributed by atoms with Crippen molar-refractivity contribution < 1.29 is 14.7 Å². The van der Waals surface area contributed by atoms with Crippen molar-refractivity contribution in [3.05, 3.63) is 29.3 Å². The van der Waals surface area contributed by atoms with Crippen LogP contribution in [0.3, 0.4) is 0 Å². The van der Waals surface area contributed by atoms with Crippen molar-refractivity contribution in [2.75, 3.05) is 18.5 Å². The third-order valence-corrected chi connectivity index (χ3v) is 2.14. The third kappa shape index (κ3) is 4.84. The molecule has 17 heavy (non-hydrogen) atoms. The fraction of sp³-hybridized carbons (Fsp3) is 0.273. The van der Waals surface area contributed by atoms with E-state index in [2.05, 4.69) is 10.6 Å². The van der Waals surface area contributed by atoms with Gasteiger partial charge in [0.15, 0.2) is 0 Å². The SMILES string of the molecule is O=C(NCCCO)C(=O)Nc1cccc(Cl)c1. The molecule has 3 N–H and O–H groups in total. The van der Waals surface area contributed by atoms with Gasteiger partial charge in [-0.25, -0.2) is 0 Å². The largest absolute Gasteiger partial charge is 0.396 e. The number of amides is 2. The minimum absolute atomic E-state index is 0.0316. The van der Waals surface area contributed by atoms with Gasteiger partial charge in [-0.05, 0) is 24.6 Å². The lowest BCUT2D eigenvalue weighted by Gasteiger charge is -2.05. The summed E-state index contributed by atoms with van der Waals surface area (Å²) in [4.78, 5) is 22.7. The molecule has 0 saturated carbocycles. The standard InChI is InChI=1S/C11H13ClN2O3/c12-8-3-1-4-9(7-8)14-11(17)10(16)13-5-2-6-15/h1,3-4,7,15H,2,5-6H2,(H,13,16)(H,14,17). The molecule has 1 aromatic rings. The topological polar surface area (TPSA) is 78.4 Å². The first-order valence-electron chi connectivity index (χ1n) is 5.09. The molecule has 6 heteroatoms. The molecular weight excluding hydrogens is 244 g/mol. The Hall–Kier alpha value is -1.59. The van der Waals surface area contributed by atoms with Crippen molar-refractivity contribution in [3.8, 4) is 0 Å². The van der Waals surface area contributed by atoms with E-state index in [9.17, 15) is 9.59 Å². The summed E-state index contributed by atoms with van der Waals surface area (Å²) in [5.41, 5.74) is 0.458. The van der Waals surface area contributed by atoms with E-state index >= 15 is 0 Å². The zero-order chi connectivity index (χ0) is 12.7. The van der Waals surface area contributed by atoms with Crippen LogP contribution in [0.2, 0.25) is 5.02 Å². The molecule has 0 unspecified atom stereocenters. The number of aliphatic hydroxyl groups is 1. The van der Waals surface area contributed by atoms with Gasteiger partial charge >= 0.3 is 11.8 Å². The lowest BCUT2D eigenvalue weighted by Crippen LogP contribution is -2.36. The summed E-state index contributed by atoms with van der Waals surface area (Å²) in [5.74, 6) is -1.50. The predicted octanol–water partition coefficient (Wildman–Crippen LogP) is 0.777. The summed E-state index contributed by atoms with van der Waals surface area (Å²) in [6, 6.07) is 6.51. The van der Waals surface area contributed by atoms with E-state index in [-0.39, 0.29) is 13.2 Å². The highest BCUT2D eigenvalue weighted by molar-refractivity contribution is 6.39. The Morgan fingerprint density at radius 2 is 2.06 bits per heavy atom. The van der Waals surface area contributed by atoms with Crippen LogP contribution in [0.15, 0.2) is 24.3 Å². The molecule has 1 aromatic carbocycles. The minimum atomic E-state index is -0.759. The van der Waals surface area contributed by atoms with E-state index in [1.54, 1.807) is 24.3 Å². The Morgan fingerprint density at radius 3 is 2.71 bits per heavy atom. The smallest absolute Gasteiger partial charge is 0.313 e. The molecule has 0 saturated heterocycles. The van der Waals surface area contributed by atoms with E-state index in [1.165, 1.54) is 0 Å². The molecule has 0 fully saturated rings. The summed E-state index contributed by atoms with van der Waals surface area (Å²) in [5, 5.41) is 13.8. The van der Waals surface area contributed by atoms with Gasteiger partial charge in [0.2, 0.25) is 0 Å². The number of carbonyl (C=O) groups excluding carboxylic acids is 2. The maximum atomic E-state index is 11.4. The summed E-state index contributed by atoms with van der Waals surface area (Å²) in [6.45, 7) is 0.231. The Bertz CT molecular complexity index is 409. The molecule has 92 valence electrons. The minimum Gasteiger partial charge on any atom is -0.396 e. The maximum Gasteiger partial charge on any atom is 0.313 e. The number of carbonyl (C=O) groups is 2. The maximum absolute atomic E-state index is 11.4. The second-order valence-corrected chi connectivity index (χ2v) is 3.73. The Kier molecular flexibility index (Phi) is 5.45. The molecular formula is C11H13ClN2O3. The van der Waals surface area contributed by atoms with E-state index in [4.69, 9.17) is 16.7 Å². The number of anilines is 1. The second kappa shape index (κ2) is 6.88. The summed E-state index contributed by atoms with van der Waals surface area (Å²) in [6.07, 6.45) is 0.413. The molecule has 0 atom stereocenters. The number of nitrogens with one attached hydrogen (secondary N) is 2. The van der Waals surface area contributed by atoms with Crippen LogP contribution >= 0.6 is 11.6 Å². The van der Waals surface area contributed by atoms with Crippen LogP contribution in [0.1, 0.15) is 6.42 Å². The third-order valence-electron chi connectivity index (χ3n) is 1.91. The average molecular weight is 257 g/mol. The van der Waals surface area contributed by atoms with Crippen LogP contribution < -0.4 is 10.6 Å². The molecule has 0 spiro atoms. The van der Waals surface area contributed by atoms with Crippen molar-refractivity contribution in [3.63, 3.8) is 0 Å². The Labute approximate surface area is 104 Å². The van der Waals surface area contributed by atoms with E-state index in [0.717, 1.165) is 0 Å². The van der Waals surface area contributed by atoms with Crippen molar-refractivity contribution in [1.29, 1.82) is 0 Å². The summed E-state index contributed by atoms with van der Waals surface area (Å²) >= 11 is 5.73. The number of benzene rings is 1. The average Bonchev–Trinajstić information content (AvgIpc) is 2.29. The molecule has 0 bridgehead atoms. The highest BCUT2D eigenvalue weighted by atomic mass is 35.5. The van der Waals surface area contributed by atoms with Gasteiger partial charge < -0.3 is 15.7 Å². The van der Waals surface area contributed by atoms with Crippen LogP contribution in [0.5, 0.6) is 0 Å². The molecule has 2 amide bonds. The molecule has 0 aliphatic heterocycles. The zero-order valence-electron chi connectivity index (χ0n) is 9.07. The highest BCUT2D eigenvalue weighted by Gasteiger charge is 2.12. The highest BCUT2D eigenvalue weighted by Crippen LogP contribution is 2.14. The van der Waals surface area contributed by atoms with Crippen LogP contribution in [-0.2, 0) is 9.59 Å². The van der Waals surface area contributed by atoms with Crippen LogP contribution in [-0.4, -0.2) is 30.1 Å². The van der Waals surface area contributed by atoms with Gasteiger partial charge in [0, 0.05) is 23.9 Å². The molecule has 0 aromatic heterocycles. The number of halogens is 1. The lowest BCUT2D eigenvalue weighted by molar-refractivity contribution is -0.136. The number of aliphatic hydroxyl groups excluding tert-OH is 1. The van der Waals surface area contributed by atoms with Crippen molar-refractivity contribution in [2.45, 2.75) is 6.42 Å². The number of hydrogen-bond donors (Lipinski definition) is 3. The van der Waals surface area contributed by atoms with Crippen LogP contribution in [0.4, 0.5) is 5.69 Å². The molecule has 0 heterocycles. The first-order valence-corrected chi connectivity index (χ1v) is 5.47. The van der Waals surface area contributed by atoms with E-state index in [1.807, 2.05) is 0 Å². The molecule has 0 aliphatic carbocycles. The number of rotatable bonds is 4. The first kappa shape index (κ1) is 13.5. The summed E-state index contributed by atoms with van der Waals surface area (Å²) in [7, 11) is 0. The zero-order valence-corrected chi connectivity index (χ0v) is 9.83. The normalized spacial score (nSPS) is 9.76. The quantitative estimate of drug-likeness (QED) is 0.550. The van der Waals surface area contributed by atoms with Crippen molar-refractivity contribution in [2.24, 2.45) is 0 Å². The van der Waals surface area contributed by atoms with Crippen molar-refractivity contribution >= 4 is 29.1 Å². The first-order chi connectivity index (χ1) is 8.13. The van der Waals surface area contributed by atoms with Crippen LogP contribution in [0.25, 0.3) is 0 Å². The van der Waals surface area contributed by atoms with Gasteiger partial charge in [-0.3, -0.25) is 9.59 Å². The molecule has 1 rings (SSSR count). The number of hydrogen-bond acceptors (Lipinski definition) is 3. The second-order valence-electron chi connectivity index (χ2n) is 3.30. The van der Waals surface area contributed by atoms with Gasteiger partial charge in [0.25, 0.3) is 0 Å². The predicted molar refractivity (Wildman–Crippen MR) is 64.8 cm³/mol. The monoisotopic (exact) mass is 256 g/mol. The van der Waals surface area contributed by atoms with E-state index in [0.29, 0.717) is 17.1 Å². The lowest BCUT2D eigenvalue weighted by atomic mass is 10.3. The Morgan fingerprint density at radius 1 is 1.29 bits per heavy atom. The molecule has 0 aliphatic rings. The van der Waals surface area contributed by atoms with E-state index < -0.39 is 11.8 Å². The van der Waals surface area contributed by atoms with Gasteiger partial charge in [0.05, 0.1) is 0 Å². The Balaban J connectivity index is 2.46. The van der Waals surface area contributed by atoms with Gasteiger partial charge in [-0.2, -0.15) is 0 Å². The van der Waals surface area contributed by atoms with Gasteiger partial charge in [-0.1, -0.05) is 17.7 Å². The van der Waals surface area contributed by atoms with Gasteiger partial charge in [-0.15, -0.1) is 0 Å².